The molecule has 0 aliphatic rings. The fraction of sp³-hybridized carbons (Fsp3) is 0.316. The van der Waals surface area contributed by atoms with E-state index in [0.29, 0.717) is 12.8 Å². The summed E-state index contributed by atoms with van der Waals surface area (Å²) >= 11 is 0. The van der Waals surface area contributed by atoms with E-state index < -0.39 is 16.5 Å². The van der Waals surface area contributed by atoms with Gasteiger partial charge >= 0.3 is 5.63 Å². The van der Waals surface area contributed by atoms with Gasteiger partial charge < -0.3 is 9.52 Å². The molecule has 28 heavy (non-hydrogen) atoms. The van der Waals surface area contributed by atoms with E-state index in [-0.39, 0.29) is 40.0 Å². The van der Waals surface area contributed by atoms with Crippen LogP contribution in [0.1, 0.15) is 48.4 Å². The summed E-state index contributed by atoms with van der Waals surface area (Å²) in [5.74, 6) is -0.435. The van der Waals surface area contributed by atoms with Crippen molar-refractivity contribution in [2.24, 2.45) is 11.0 Å². The maximum atomic E-state index is 12.3. The van der Waals surface area contributed by atoms with E-state index in [9.17, 15) is 24.8 Å². The number of aryl methyl sites for hydroxylation is 1. The highest BCUT2D eigenvalue weighted by molar-refractivity contribution is 6.03. The maximum Gasteiger partial charge on any atom is 0.348 e. The number of nitro benzene ring substituents is 1. The van der Waals surface area contributed by atoms with E-state index in [0.717, 1.165) is 6.07 Å². The molecule has 0 atom stereocenters. The number of amides is 1. The highest BCUT2D eigenvalue weighted by Crippen LogP contribution is 2.19. The number of hydrogen-bond donors (Lipinski definition) is 2. The Balaban J connectivity index is 2.35. The first-order valence-electron chi connectivity index (χ1n) is 8.64. The number of carbonyl (C=O) groups excluding carboxylic acids is 1. The van der Waals surface area contributed by atoms with Crippen LogP contribution in [0, 0.1) is 23.0 Å². The van der Waals surface area contributed by atoms with Crippen molar-refractivity contribution in [3.63, 3.8) is 0 Å². The minimum atomic E-state index is -0.760. The molecule has 1 amide bonds. The molecule has 0 bridgehead atoms. The lowest BCUT2D eigenvalue weighted by molar-refractivity contribution is -0.384. The highest BCUT2D eigenvalue weighted by Gasteiger charge is 2.18. The van der Waals surface area contributed by atoms with Crippen LogP contribution >= 0.6 is 0 Å². The van der Waals surface area contributed by atoms with Crippen LogP contribution in [-0.2, 0) is 0 Å². The van der Waals surface area contributed by atoms with Crippen molar-refractivity contribution in [3.8, 4) is 5.75 Å². The average molecular weight is 387 g/mol. The third-order valence-electron chi connectivity index (χ3n) is 3.91. The molecule has 0 aliphatic heterocycles. The molecule has 1 aromatic carbocycles. The summed E-state index contributed by atoms with van der Waals surface area (Å²) in [6.45, 7) is 5.49. The molecule has 2 aromatic rings. The minimum absolute atomic E-state index is 0.0429. The summed E-state index contributed by atoms with van der Waals surface area (Å²) in [4.78, 5) is 34.7. The van der Waals surface area contributed by atoms with Crippen molar-refractivity contribution < 1.29 is 19.2 Å². The van der Waals surface area contributed by atoms with Crippen LogP contribution in [0.15, 0.2) is 44.6 Å². The summed E-state index contributed by atoms with van der Waals surface area (Å²) in [6, 6.07) is 6.48. The molecule has 2 rings (SSSR count). The maximum absolute atomic E-state index is 12.3. The first-order chi connectivity index (χ1) is 13.2. The molecule has 0 unspecified atom stereocenters. The van der Waals surface area contributed by atoms with Gasteiger partial charge in [0.2, 0.25) is 0 Å². The monoisotopic (exact) mass is 387 g/mol. The number of hydrogen-bond acceptors (Lipinski definition) is 7. The number of benzene rings is 1. The number of carbonyl (C=O) groups is 1. The zero-order valence-electron chi connectivity index (χ0n) is 15.8. The van der Waals surface area contributed by atoms with Crippen molar-refractivity contribution >= 4 is 17.3 Å². The average Bonchev–Trinajstić information content (AvgIpc) is 2.62. The van der Waals surface area contributed by atoms with Gasteiger partial charge in [0.05, 0.1) is 10.6 Å². The zero-order chi connectivity index (χ0) is 20.8. The predicted octanol–water partition coefficient (Wildman–Crippen LogP) is 3.13. The van der Waals surface area contributed by atoms with Crippen LogP contribution < -0.4 is 11.1 Å². The van der Waals surface area contributed by atoms with Gasteiger partial charge in [-0.2, -0.15) is 5.10 Å². The summed E-state index contributed by atoms with van der Waals surface area (Å²) in [5, 5.41) is 25.0. The van der Waals surface area contributed by atoms with Gasteiger partial charge in [0.25, 0.3) is 11.6 Å². The van der Waals surface area contributed by atoms with Crippen LogP contribution in [0.4, 0.5) is 5.69 Å². The molecule has 0 fully saturated rings. The standard InChI is InChI=1S/C19H21N3O6/c1-11(2)7-8-15(17-16(23)9-12(3)28-19(17)25)20-21-18(24)13-5-4-6-14(10-13)22(26)27/h4-6,9-11,23H,7-8H2,1-3H3,(H,21,24)/b20-15+. The fourth-order valence-electron chi connectivity index (χ4n) is 2.47. The van der Waals surface area contributed by atoms with E-state index in [2.05, 4.69) is 10.5 Å². The lowest BCUT2D eigenvalue weighted by atomic mass is 10.0. The van der Waals surface area contributed by atoms with Gasteiger partial charge in [-0.1, -0.05) is 19.9 Å². The van der Waals surface area contributed by atoms with Gasteiger partial charge in [-0.3, -0.25) is 14.9 Å². The van der Waals surface area contributed by atoms with Crippen LogP contribution in [0.3, 0.4) is 0 Å². The summed E-state index contributed by atoms with van der Waals surface area (Å²) < 4.78 is 5.03. The molecule has 148 valence electrons. The number of non-ortho nitro benzene ring substituents is 1. The van der Waals surface area contributed by atoms with Gasteiger partial charge in [0.1, 0.15) is 17.1 Å². The normalized spacial score (nSPS) is 11.5. The Hall–Kier alpha value is -3.49. The van der Waals surface area contributed by atoms with Crippen molar-refractivity contribution in [1.29, 1.82) is 0 Å². The smallest absolute Gasteiger partial charge is 0.348 e. The number of hydrazone groups is 1. The highest BCUT2D eigenvalue weighted by atomic mass is 16.6. The second kappa shape index (κ2) is 8.94. The lowest BCUT2D eigenvalue weighted by Crippen LogP contribution is -2.23. The molecule has 0 saturated carbocycles. The largest absolute Gasteiger partial charge is 0.507 e. The van der Waals surface area contributed by atoms with Crippen LogP contribution in [-0.4, -0.2) is 21.6 Å². The molecule has 0 aliphatic carbocycles. The molecular formula is C19H21N3O6. The van der Waals surface area contributed by atoms with E-state index in [1.54, 1.807) is 0 Å². The fourth-order valence-corrected chi connectivity index (χ4v) is 2.47. The Labute approximate surface area is 160 Å². The van der Waals surface area contributed by atoms with Crippen LogP contribution in [0.2, 0.25) is 0 Å². The first kappa shape index (κ1) is 20.8. The molecule has 0 spiro atoms. The molecule has 0 saturated heterocycles. The number of rotatable bonds is 7. The Morgan fingerprint density at radius 2 is 2.07 bits per heavy atom. The number of nitrogens with zero attached hydrogens (tertiary/aromatic N) is 2. The molecule has 2 N–H and O–H groups in total. The SMILES string of the molecule is Cc1cc(O)c(/C(CCC(C)C)=N/NC(=O)c2cccc([N+](=O)[O-])c2)c(=O)o1. The lowest BCUT2D eigenvalue weighted by Gasteiger charge is -2.10. The van der Waals surface area contributed by atoms with Crippen molar-refractivity contribution in [3.05, 3.63) is 67.8 Å². The third kappa shape index (κ3) is 5.26. The molecule has 1 aromatic heterocycles. The summed E-state index contributed by atoms with van der Waals surface area (Å²) in [6.07, 6.45) is 0.965. The van der Waals surface area contributed by atoms with Crippen molar-refractivity contribution in [1.82, 2.24) is 5.43 Å². The summed E-state index contributed by atoms with van der Waals surface area (Å²) in [5.41, 5.74) is 1.39. The van der Waals surface area contributed by atoms with Gasteiger partial charge in [0, 0.05) is 23.8 Å². The van der Waals surface area contributed by atoms with E-state index in [4.69, 9.17) is 4.42 Å². The van der Waals surface area contributed by atoms with Gasteiger partial charge in [-0.25, -0.2) is 10.2 Å². The molecular weight excluding hydrogens is 366 g/mol. The molecule has 9 nitrogen and oxygen atoms in total. The molecule has 0 radical (unpaired) electrons. The van der Waals surface area contributed by atoms with Crippen molar-refractivity contribution in [2.75, 3.05) is 0 Å². The predicted molar refractivity (Wildman–Crippen MR) is 103 cm³/mol. The van der Waals surface area contributed by atoms with Gasteiger partial charge in [-0.05, 0) is 31.7 Å². The number of nitro groups is 1. The zero-order valence-corrected chi connectivity index (χ0v) is 15.8. The summed E-state index contributed by atoms with van der Waals surface area (Å²) in [7, 11) is 0. The topological polar surface area (TPSA) is 135 Å². The molecule has 9 heteroatoms. The minimum Gasteiger partial charge on any atom is -0.507 e. The quantitative estimate of drug-likeness (QED) is 0.426. The first-order valence-corrected chi connectivity index (χ1v) is 8.64. The Bertz CT molecular complexity index is 978. The second-order valence-electron chi connectivity index (χ2n) is 6.64. The Morgan fingerprint density at radius 3 is 2.68 bits per heavy atom. The van der Waals surface area contributed by atoms with Crippen molar-refractivity contribution in [2.45, 2.75) is 33.6 Å². The second-order valence-corrected chi connectivity index (χ2v) is 6.64. The van der Waals surface area contributed by atoms with E-state index >= 15 is 0 Å². The van der Waals surface area contributed by atoms with Gasteiger partial charge in [-0.15, -0.1) is 0 Å². The number of aromatic hydroxyl groups is 1. The van der Waals surface area contributed by atoms with E-state index in [1.807, 2.05) is 13.8 Å². The van der Waals surface area contributed by atoms with E-state index in [1.165, 1.54) is 31.2 Å². The Morgan fingerprint density at radius 1 is 1.36 bits per heavy atom. The van der Waals surface area contributed by atoms with Gasteiger partial charge in [0.15, 0.2) is 0 Å². The molecule has 1 heterocycles. The number of nitrogens with one attached hydrogen (secondary N) is 1. The third-order valence-corrected chi connectivity index (χ3v) is 3.91. The van der Waals surface area contributed by atoms with Crippen LogP contribution in [0.25, 0.3) is 0 Å². The Kier molecular flexibility index (Phi) is 6.64. The van der Waals surface area contributed by atoms with Crippen LogP contribution in [0.5, 0.6) is 5.75 Å².